The molecule has 0 radical (unpaired) electrons. The maximum absolute atomic E-state index is 10.7. The molecule has 10 heavy (non-hydrogen) atoms. The van der Waals surface area contributed by atoms with E-state index in [0.717, 1.165) is 4.90 Å². The first-order valence-corrected chi connectivity index (χ1v) is 4.28. The molecule has 0 saturated carbocycles. The predicted molar refractivity (Wildman–Crippen MR) is 38.9 cm³/mol. The van der Waals surface area contributed by atoms with Crippen molar-refractivity contribution in [3.63, 3.8) is 0 Å². The van der Waals surface area contributed by atoms with E-state index in [1.165, 1.54) is 0 Å². The highest BCUT2D eigenvalue weighted by Gasteiger charge is 2.25. The number of imide groups is 1. The van der Waals surface area contributed by atoms with Crippen molar-refractivity contribution in [2.45, 2.75) is 0 Å². The summed E-state index contributed by atoms with van der Waals surface area (Å²) in [6.45, 7) is 0.930. The van der Waals surface area contributed by atoms with Crippen LogP contribution in [0.2, 0.25) is 0 Å². The monoisotopic (exact) mass is 180 g/mol. The molecule has 0 aromatic carbocycles. The third-order valence-corrected chi connectivity index (χ3v) is 1.89. The molecule has 1 aliphatic heterocycles. The van der Waals surface area contributed by atoms with Crippen molar-refractivity contribution in [3.8, 4) is 0 Å². The van der Waals surface area contributed by atoms with Gasteiger partial charge in [-0.2, -0.15) is 0 Å². The number of nitrogens with one attached hydrogen (secondary N) is 1. The summed E-state index contributed by atoms with van der Waals surface area (Å²) < 4.78 is 0. The van der Waals surface area contributed by atoms with Crippen LogP contribution < -0.4 is 5.32 Å². The fourth-order valence-electron chi connectivity index (χ4n) is 0.687. The van der Waals surface area contributed by atoms with Crippen LogP contribution >= 0.6 is 21.7 Å². The molecule has 0 aliphatic carbocycles. The number of hydrogen-bond acceptors (Lipinski definition) is 3. The molecule has 0 spiro atoms. The molecule has 56 valence electrons. The van der Waals surface area contributed by atoms with E-state index in [-0.39, 0.29) is 6.03 Å². The summed E-state index contributed by atoms with van der Waals surface area (Å²) in [4.78, 5) is 22.5. The Balaban J connectivity index is 2.55. The zero-order valence-electron chi connectivity index (χ0n) is 4.96. The van der Waals surface area contributed by atoms with Crippen LogP contribution in [0.5, 0.6) is 0 Å². The van der Waals surface area contributed by atoms with E-state index in [4.69, 9.17) is 10.7 Å². The second kappa shape index (κ2) is 3.12. The molecular formula is C4H5ClN2O2S. The predicted octanol–water partition coefficient (Wildman–Crippen LogP) is 1.02. The summed E-state index contributed by atoms with van der Waals surface area (Å²) in [5, 5.41) is 2.06. The van der Waals surface area contributed by atoms with Crippen LogP contribution in [-0.2, 0) is 0 Å². The van der Waals surface area contributed by atoms with Crippen LogP contribution in [0.1, 0.15) is 0 Å². The fourth-order valence-corrected chi connectivity index (χ4v) is 1.19. The average molecular weight is 181 g/mol. The van der Waals surface area contributed by atoms with Gasteiger partial charge in [0.15, 0.2) is 0 Å². The van der Waals surface area contributed by atoms with Crippen molar-refractivity contribution in [1.29, 1.82) is 0 Å². The topological polar surface area (TPSA) is 49.4 Å². The lowest BCUT2D eigenvalue weighted by atomic mass is 10.7. The smallest absolute Gasteiger partial charge is 0.324 e. The summed E-state index contributed by atoms with van der Waals surface area (Å²) >= 11 is 0. The average Bonchev–Trinajstić information content (AvgIpc) is 2.34. The Hall–Kier alpha value is -0.420. The van der Waals surface area contributed by atoms with Crippen LogP contribution in [0.25, 0.3) is 0 Å². The van der Waals surface area contributed by atoms with E-state index in [0.29, 0.717) is 24.1 Å². The van der Waals surface area contributed by atoms with Crippen molar-refractivity contribution in [2.75, 3.05) is 13.1 Å². The van der Waals surface area contributed by atoms with Crippen LogP contribution in [0.15, 0.2) is 0 Å². The number of urea groups is 1. The van der Waals surface area contributed by atoms with Crippen LogP contribution in [0.3, 0.4) is 0 Å². The van der Waals surface area contributed by atoms with E-state index in [1.54, 1.807) is 0 Å². The molecule has 1 N–H and O–H groups in total. The van der Waals surface area contributed by atoms with Gasteiger partial charge in [-0.3, -0.25) is 9.69 Å². The van der Waals surface area contributed by atoms with Gasteiger partial charge in [0.05, 0.1) is 0 Å². The quantitative estimate of drug-likeness (QED) is 0.606. The van der Waals surface area contributed by atoms with Gasteiger partial charge >= 0.3 is 11.3 Å². The van der Waals surface area contributed by atoms with E-state index < -0.39 is 5.24 Å². The molecule has 0 unspecified atom stereocenters. The Morgan fingerprint density at radius 2 is 2.50 bits per heavy atom. The highest BCUT2D eigenvalue weighted by atomic mass is 35.7. The standard InChI is InChI=1S/C4H5ClN2O2S/c5-10-4(9)7-2-1-6-3(7)8/h1-2H2,(H,6,8). The fraction of sp³-hybridized carbons (Fsp3) is 0.500. The zero-order valence-corrected chi connectivity index (χ0v) is 6.54. The van der Waals surface area contributed by atoms with Crippen LogP contribution in [0, 0.1) is 0 Å². The van der Waals surface area contributed by atoms with Gasteiger partial charge in [-0.15, -0.1) is 0 Å². The van der Waals surface area contributed by atoms with Gasteiger partial charge < -0.3 is 5.32 Å². The normalized spacial score (nSPS) is 17.3. The van der Waals surface area contributed by atoms with Gasteiger partial charge in [0.2, 0.25) is 0 Å². The molecule has 1 saturated heterocycles. The lowest BCUT2D eigenvalue weighted by Crippen LogP contribution is -2.30. The number of rotatable bonds is 0. The number of hydrogen-bond donors (Lipinski definition) is 1. The summed E-state index contributed by atoms with van der Waals surface area (Å²) in [5.41, 5.74) is 0. The van der Waals surface area contributed by atoms with Crippen molar-refractivity contribution < 1.29 is 9.59 Å². The Kier molecular flexibility index (Phi) is 2.39. The molecule has 0 aromatic heterocycles. The zero-order chi connectivity index (χ0) is 7.56. The number of carbonyl (C=O) groups is 2. The highest BCUT2D eigenvalue weighted by molar-refractivity contribution is 8.32. The van der Waals surface area contributed by atoms with E-state index in [9.17, 15) is 9.59 Å². The van der Waals surface area contributed by atoms with Crippen molar-refractivity contribution >= 4 is 32.9 Å². The van der Waals surface area contributed by atoms with E-state index in [1.807, 2.05) is 0 Å². The number of halogens is 1. The molecular weight excluding hydrogens is 176 g/mol. The highest BCUT2D eigenvalue weighted by Crippen LogP contribution is 2.14. The second-order valence-corrected chi connectivity index (χ2v) is 2.69. The van der Waals surface area contributed by atoms with Gasteiger partial charge in [0, 0.05) is 24.1 Å². The maximum Gasteiger partial charge on any atom is 0.324 e. The van der Waals surface area contributed by atoms with Gasteiger partial charge in [0.25, 0.3) is 0 Å². The van der Waals surface area contributed by atoms with Crippen molar-refractivity contribution in [1.82, 2.24) is 10.2 Å². The first-order chi connectivity index (χ1) is 4.75. The van der Waals surface area contributed by atoms with Gasteiger partial charge in [-0.1, -0.05) is 0 Å². The molecule has 1 fully saturated rings. The maximum atomic E-state index is 10.7. The molecule has 0 atom stereocenters. The van der Waals surface area contributed by atoms with Gasteiger partial charge in [-0.05, 0) is 10.7 Å². The first kappa shape index (κ1) is 7.68. The third-order valence-electron chi connectivity index (χ3n) is 1.14. The molecule has 4 nitrogen and oxygen atoms in total. The SMILES string of the molecule is O=C1NCCN1C(=O)SCl. The molecule has 1 heterocycles. The number of carbonyl (C=O) groups excluding carboxylic acids is 2. The minimum Gasteiger partial charge on any atom is -0.336 e. The molecule has 6 heteroatoms. The molecule has 1 aliphatic rings. The number of nitrogens with zero attached hydrogens (tertiary/aromatic N) is 1. The lowest BCUT2D eigenvalue weighted by molar-refractivity contribution is 0.213. The summed E-state index contributed by atoms with van der Waals surface area (Å²) in [7, 11) is 5.67. The summed E-state index contributed by atoms with van der Waals surface area (Å²) in [5.74, 6) is 0. The number of amides is 3. The summed E-state index contributed by atoms with van der Waals surface area (Å²) in [6.07, 6.45) is 0. The van der Waals surface area contributed by atoms with Gasteiger partial charge in [0.1, 0.15) is 0 Å². The van der Waals surface area contributed by atoms with Crippen LogP contribution in [-0.4, -0.2) is 29.3 Å². The molecule has 0 bridgehead atoms. The minimum atomic E-state index is -0.420. The second-order valence-electron chi connectivity index (χ2n) is 1.73. The largest absolute Gasteiger partial charge is 0.336 e. The minimum absolute atomic E-state index is 0.363. The summed E-state index contributed by atoms with van der Waals surface area (Å²) in [6, 6.07) is -0.363. The Morgan fingerprint density at radius 1 is 1.80 bits per heavy atom. The lowest BCUT2D eigenvalue weighted by Gasteiger charge is -2.06. The van der Waals surface area contributed by atoms with E-state index in [2.05, 4.69) is 5.32 Å². The van der Waals surface area contributed by atoms with Crippen molar-refractivity contribution in [3.05, 3.63) is 0 Å². The third kappa shape index (κ3) is 1.35. The molecule has 3 amide bonds. The Labute approximate surface area is 66.4 Å². The van der Waals surface area contributed by atoms with Crippen molar-refractivity contribution in [2.24, 2.45) is 0 Å². The molecule has 1 rings (SSSR count). The van der Waals surface area contributed by atoms with Crippen LogP contribution in [0.4, 0.5) is 9.59 Å². The molecule has 0 aromatic rings. The first-order valence-electron chi connectivity index (χ1n) is 2.63. The van der Waals surface area contributed by atoms with E-state index >= 15 is 0 Å². The Bertz CT molecular complexity index is 175. The van der Waals surface area contributed by atoms with Gasteiger partial charge in [-0.25, -0.2) is 4.79 Å². The Morgan fingerprint density at radius 3 is 2.90 bits per heavy atom.